The van der Waals surface area contributed by atoms with Crippen molar-refractivity contribution in [1.29, 1.82) is 0 Å². The van der Waals surface area contributed by atoms with Gasteiger partial charge < -0.3 is 14.8 Å². The molecule has 3 nitrogen and oxygen atoms in total. The molecule has 4 heteroatoms. The summed E-state index contributed by atoms with van der Waals surface area (Å²) in [5, 5.41) is 3.62. The Bertz CT molecular complexity index is 1240. The van der Waals surface area contributed by atoms with E-state index < -0.39 is 0 Å². The van der Waals surface area contributed by atoms with Gasteiger partial charge in [0.15, 0.2) is 0 Å². The SMILES string of the molecule is CC=Cc1ccccc1OCc1c(-c2ccc(F)cc2OC)ccc2c1C(C)=CC(C)(C)N2. The summed E-state index contributed by atoms with van der Waals surface area (Å²) in [5.74, 6) is 0.985. The summed E-state index contributed by atoms with van der Waals surface area (Å²) < 4.78 is 25.8. The molecule has 1 aliphatic rings. The molecule has 1 heterocycles. The van der Waals surface area contributed by atoms with Crippen LogP contribution in [0.5, 0.6) is 11.5 Å². The molecule has 1 N–H and O–H groups in total. The topological polar surface area (TPSA) is 30.5 Å². The maximum Gasteiger partial charge on any atom is 0.129 e. The molecule has 3 aromatic carbocycles. The van der Waals surface area contributed by atoms with Crippen LogP contribution in [0.1, 0.15) is 44.4 Å². The average molecular weight is 444 g/mol. The first-order valence-electron chi connectivity index (χ1n) is 11.2. The Hall–Kier alpha value is -3.53. The number of hydrogen-bond acceptors (Lipinski definition) is 3. The van der Waals surface area contributed by atoms with Crippen molar-refractivity contribution in [3.05, 3.63) is 89.3 Å². The highest BCUT2D eigenvalue weighted by atomic mass is 19.1. The van der Waals surface area contributed by atoms with Gasteiger partial charge in [0.2, 0.25) is 0 Å². The Morgan fingerprint density at radius 1 is 1.00 bits per heavy atom. The number of fused-ring (bicyclic) bond motifs is 1. The average Bonchev–Trinajstić information content (AvgIpc) is 2.77. The number of hydrogen-bond donors (Lipinski definition) is 1. The van der Waals surface area contributed by atoms with E-state index in [4.69, 9.17) is 9.47 Å². The summed E-state index contributed by atoms with van der Waals surface area (Å²) in [4.78, 5) is 0. The van der Waals surface area contributed by atoms with Crippen LogP contribution >= 0.6 is 0 Å². The number of benzene rings is 3. The Labute approximate surface area is 195 Å². The molecular formula is C29H30FNO2. The third kappa shape index (κ3) is 4.65. The van der Waals surface area contributed by atoms with Gasteiger partial charge in [-0.15, -0.1) is 0 Å². The fourth-order valence-corrected chi connectivity index (χ4v) is 4.57. The highest BCUT2D eigenvalue weighted by Gasteiger charge is 2.27. The van der Waals surface area contributed by atoms with E-state index in [1.807, 2.05) is 43.3 Å². The monoisotopic (exact) mass is 443 g/mol. The first-order chi connectivity index (χ1) is 15.8. The number of rotatable bonds is 6. The molecule has 0 amide bonds. The third-order valence-corrected chi connectivity index (χ3v) is 5.83. The molecule has 0 saturated carbocycles. The zero-order valence-corrected chi connectivity index (χ0v) is 19.8. The van der Waals surface area contributed by atoms with E-state index in [9.17, 15) is 4.39 Å². The molecule has 0 spiro atoms. The minimum absolute atomic E-state index is 0.150. The number of para-hydroxylation sites is 1. The van der Waals surface area contributed by atoms with Crippen LogP contribution in [-0.4, -0.2) is 12.6 Å². The molecule has 0 aliphatic carbocycles. The van der Waals surface area contributed by atoms with Crippen LogP contribution in [0.4, 0.5) is 10.1 Å². The van der Waals surface area contributed by atoms with Gasteiger partial charge in [0.25, 0.3) is 0 Å². The van der Waals surface area contributed by atoms with Gasteiger partial charge >= 0.3 is 0 Å². The zero-order valence-electron chi connectivity index (χ0n) is 19.8. The van der Waals surface area contributed by atoms with E-state index in [-0.39, 0.29) is 11.4 Å². The maximum atomic E-state index is 13.9. The molecule has 1 aliphatic heterocycles. The Morgan fingerprint density at radius 2 is 1.76 bits per heavy atom. The Kier molecular flexibility index (Phi) is 6.28. The van der Waals surface area contributed by atoms with Gasteiger partial charge in [-0.2, -0.15) is 0 Å². The van der Waals surface area contributed by atoms with Crippen LogP contribution in [-0.2, 0) is 6.61 Å². The quantitative estimate of drug-likeness (QED) is 0.423. The lowest BCUT2D eigenvalue weighted by molar-refractivity contribution is 0.305. The van der Waals surface area contributed by atoms with E-state index in [1.165, 1.54) is 17.7 Å². The fourth-order valence-electron chi connectivity index (χ4n) is 4.57. The molecule has 0 aromatic heterocycles. The molecule has 0 atom stereocenters. The van der Waals surface area contributed by atoms with E-state index in [0.29, 0.717) is 12.4 Å². The summed E-state index contributed by atoms with van der Waals surface area (Å²) in [6.45, 7) is 8.79. The van der Waals surface area contributed by atoms with E-state index in [1.54, 1.807) is 13.2 Å². The number of halogens is 1. The van der Waals surface area contributed by atoms with Crippen LogP contribution in [0.2, 0.25) is 0 Å². The van der Waals surface area contributed by atoms with Gasteiger partial charge in [0.05, 0.1) is 12.6 Å². The Morgan fingerprint density at radius 3 is 2.52 bits per heavy atom. The largest absolute Gasteiger partial charge is 0.496 e. The van der Waals surface area contributed by atoms with Crippen molar-refractivity contribution >= 4 is 17.3 Å². The van der Waals surface area contributed by atoms with Crippen molar-refractivity contribution in [3.63, 3.8) is 0 Å². The van der Waals surface area contributed by atoms with Crippen molar-refractivity contribution in [1.82, 2.24) is 0 Å². The predicted molar refractivity (Wildman–Crippen MR) is 135 cm³/mol. The summed E-state index contributed by atoms with van der Waals surface area (Å²) in [6, 6.07) is 16.8. The standard InChI is InChI=1S/C29H30FNO2/c1-6-9-20-10-7-8-11-26(20)33-18-24-22(23-13-12-21(30)16-27(23)32-5)14-15-25-28(24)19(2)17-29(3,4)31-25/h6-17,31H,18H2,1-5H3. The van der Waals surface area contributed by atoms with E-state index >= 15 is 0 Å². The highest BCUT2D eigenvalue weighted by Crippen LogP contribution is 2.43. The second-order valence-electron chi connectivity index (χ2n) is 8.86. The van der Waals surface area contributed by atoms with Crippen LogP contribution in [0, 0.1) is 5.82 Å². The summed E-state index contributed by atoms with van der Waals surface area (Å²) in [5.41, 5.74) is 7.05. The van der Waals surface area contributed by atoms with Crippen molar-refractivity contribution in [2.24, 2.45) is 0 Å². The van der Waals surface area contributed by atoms with Crippen LogP contribution in [0.15, 0.2) is 66.7 Å². The first-order valence-corrected chi connectivity index (χ1v) is 11.2. The fraction of sp³-hybridized carbons (Fsp3) is 0.241. The third-order valence-electron chi connectivity index (χ3n) is 5.83. The molecule has 0 unspecified atom stereocenters. The number of methoxy groups -OCH3 is 1. The number of anilines is 1. The van der Waals surface area contributed by atoms with Crippen LogP contribution < -0.4 is 14.8 Å². The molecule has 3 aromatic rings. The molecule has 33 heavy (non-hydrogen) atoms. The van der Waals surface area contributed by atoms with Crippen LogP contribution in [0.25, 0.3) is 22.8 Å². The predicted octanol–water partition coefficient (Wildman–Crippen LogP) is 7.72. The molecule has 0 fully saturated rings. The summed E-state index contributed by atoms with van der Waals surface area (Å²) in [7, 11) is 1.56. The minimum Gasteiger partial charge on any atom is -0.496 e. The van der Waals surface area contributed by atoms with Crippen molar-refractivity contribution in [2.45, 2.75) is 39.8 Å². The first kappa shape index (κ1) is 22.7. The molecule has 0 bridgehead atoms. The number of ether oxygens (including phenoxy) is 2. The molecule has 0 radical (unpaired) electrons. The lowest BCUT2D eigenvalue weighted by Gasteiger charge is -2.33. The van der Waals surface area contributed by atoms with E-state index in [0.717, 1.165) is 39.3 Å². The molecule has 4 rings (SSSR count). The van der Waals surface area contributed by atoms with Gasteiger partial charge in [-0.1, -0.05) is 42.5 Å². The van der Waals surface area contributed by atoms with E-state index in [2.05, 4.69) is 44.3 Å². The molecule has 0 saturated heterocycles. The molecular weight excluding hydrogens is 413 g/mol. The van der Waals surface area contributed by atoms with Gasteiger partial charge in [0.1, 0.15) is 23.9 Å². The second kappa shape index (κ2) is 9.14. The number of allylic oxidation sites excluding steroid dienone is 2. The van der Waals surface area contributed by atoms with Crippen molar-refractivity contribution in [2.75, 3.05) is 12.4 Å². The Balaban J connectivity index is 1.87. The lowest BCUT2D eigenvalue weighted by Crippen LogP contribution is -2.32. The van der Waals surface area contributed by atoms with Crippen molar-refractivity contribution < 1.29 is 13.9 Å². The molecule has 170 valence electrons. The van der Waals surface area contributed by atoms with Gasteiger partial charge in [-0.25, -0.2) is 4.39 Å². The smallest absolute Gasteiger partial charge is 0.129 e. The number of nitrogens with one attached hydrogen (secondary N) is 1. The van der Waals surface area contributed by atoms with Crippen LogP contribution in [0.3, 0.4) is 0 Å². The summed E-state index contributed by atoms with van der Waals surface area (Å²) >= 11 is 0. The van der Waals surface area contributed by atoms with Crippen molar-refractivity contribution in [3.8, 4) is 22.6 Å². The minimum atomic E-state index is -0.328. The van der Waals surface area contributed by atoms with Gasteiger partial charge in [-0.05, 0) is 63.1 Å². The summed E-state index contributed by atoms with van der Waals surface area (Å²) in [6.07, 6.45) is 6.27. The van der Waals surface area contributed by atoms with Gasteiger partial charge in [-0.3, -0.25) is 0 Å². The lowest BCUT2D eigenvalue weighted by atomic mass is 9.85. The second-order valence-corrected chi connectivity index (χ2v) is 8.86. The maximum absolute atomic E-state index is 13.9. The van der Waals surface area contributed by atoms with Gasteiger partial charge in [0, 0.05) is 34.0 Å². The zero-order chi connectivity index (χ0) is 23.6. The highest BCUT2D eigenvalue weighted by molar-refractivity contribution is 5.88. The normalized spacial score (nSPS) is 14.4.